The molecule has 1 aromatic carbocycles. The molecule has 3 aromatic rings. The molecule has 2 N–H and O–H groups in total. The Morgan fingerprint density at radius 3 is 2.54 bits per heavy atom. The van der Waals surface area contributed by atoms with Gasteiger partial charge in [-0.15, -0.1) is 0 Å². The Balaban J connectivity index is 1.62. The summed E-state index contributed by atoms with van der Waals surface area (Å²) in [4.78, 5) is 36.6. The molecule has 8 heteroatoms. The smallest absolute Gasteiger partial charge is 0.260 e. The van der Waals surface area contributed by atoms with E-state index in [-0.39, 0.29) is 18.3 Å². The van der Waals surface area contributed by atoms with Crippen LogP contribution in [0.25, 0.3) is 5.52 Å². The van der Waals surface area contributed by atoms with Gasteiger partial charge < -0.3 is 15.4 Å². The summed E-state index contributed by atoms with van der Waals surface area (Å²) in [5.74, 6) is -0.282. The zero-order valence-electron chi connectivity index (χ0n) is 15.6. The molecule has 2 heterocycles. The number of nitrogens with two attached hydrogens (primary N) is 1. The first kappa shape index (κ1) is 19.1. The highest BCUT2D eigenvalue weighted by Gasteiger charge is 2.13. The Kier molecular flexibility index (Phi) is 5.39. The molecule has 28 heavy (non-hydrogen) atoms. The van der Waals surface area contributed by atoms with E-state index >= 15 is 0 Å². The molecule has 0 atom stereocenters. The van der Waals surface area contributed by atoms with Gasteiger partial charge in [0.05, 0.1) is 17.3 Å². The van der Waals surface area contributed by atoms with Crippen LogP contribution in [0.3, 0.4) is 0 Å². The number of nitrogens with zero attached hydrogens (tertiary/aromatic N) is 3. The zero-order chi connectivity index (χ0) is 20.3. The number of amides is 2. The van der Waals surface area contributed by atoms with E-state index in [9.17, 15) is 14.4 Å². The van der Waals surface area contributed by atoms with Crippen molar-refractivity contribution >= 4 is 23.1 Å². The van der Waals surface area contributed by atoms with Gasteiger partial charge in [-0.25, -0.2) is 4.52 Å². The summed E-state index contributed by atoms with van der Waals surface area (Å²) in [6.45, 7) is 1.70. The summed E-state index contributed by atoms with van der Waals surface area (Å²) in [6, 6.07) is 10.2. The molecule has 0 aliphatic rings. The van der Waals surface area contributed by atoms with Gasteiger partial charge in [0.15, 0.2) is 12.4 Å². The van der Waals surface area contributed by atoms with Crippen molar-refractivity contribution in [3.63, 3.8) is 0 Å². The summed E-state index contributed by atoms with van der Waals surface area (Å²) in [6.07, 6.45) is 3.13. The number of pyridine rings is 1. The highest BCUT2D eigenvalue weighted by molar-refractivity contribution is 5.99. The standard InChI is InChI=1S/C20H20N4O4/c1-13(25)15-3-5-16(6-4-15)28-12-19(26)23(2)11-14-7-8-24-18(9-14)17(10-22-24)20(21)27/h3-10H,11-12H2,1-2H3,(H2,21,27). The second-order valence-electron chi connectivity index (χ2n) is 6.41. The normalized spacial score (nSPS) is 10.6. The first-order chi connectivity index (χ1) is 13.3. The summed E-state index contributed by atoms with van der Waals surface area (Å²) in [5, 5.41) is 4.07. The van der Waals surface area contributed by atoms with Crippen molar-refractivity contribution in [3.05, 3.63) is 65.5 Å². The van der Waals surface area contributed by atoms with E-state index in [1.807, 2.05) is 6.07 Å². The van der Waals surface area contributed by atoms with Crippen LogP contribution in [-0.2, 0) is 11.3 Å². The third-order valence-electron chi connectivity index (χ3n) is 4.32. The number of hydrogen-bond donors (Lipinski definition) is 1. The van der Waals surface area contributed by atoms with Crippen LogP contribution >= 0.6 is 0 Å². The molecule has 0 aliphatic carbocycles. The quantitative estimate of drug-likeness (QED) is 0.628. The number of ketones is 1. The third kappa shape index (κ3) is 4.17. The molecule has 144 valence electrons. The fourth-order valence-electron chi connectivity index (χ4n) is 2.72. The minimum atomic E-state index is -0.555. The van der Waals surface area contributed by atoms with Crippen molar-refractivity contribution in [2.45, 2.75) is 13.5 Å². The van der Waals surface area contributed by atoms with Crippen LogP contribution < -0.4 is 10.5 Å². The molecule has 0 radical (unpaired) electrons. The van der Waals surface area contributed by atoms with Gasteiger partial charge >= 0.3 is 0 Å². The lowest BCUT2D eigenvalue weighted by Gasteiger charge is -2.18. The molecule has 8 nitrogen and oxygen atoms in total. The van der Waals surface area contributed by atoms with E-state index in [1.165, 1.54) is 18.0 Å². The average molecular weight is 380 g/mol. The maximum absolute atomic E-state index is 12.3. The highest BCUT2D eigenvalue weighted by Crippen LogP contribution is 2.15. The van der Waals surface area contributed by atoms with Crippen LogP contribution in [-0.4, -0.2) is 45.8 Å². The number of Topliss-reactive ketones (excluding diaryl/α,β-unsaturated/α-hetero) is 1. The van der Waals surface area contributed by atoms with Gasteiger partial charge in [-0.3, -0.25) is 14.4 Å². The molecule has 0 unspecified atom stereocenters. The van der Waals surface area contributed by atoms with Crippen LogP contribution in [0.4, 0.5) is 0 Å². The number of likely N-dealkylation sites (N-methyl/N-ethyl adjacent to an activating group) is 1. The summed E-state index contributed by atoms with van der Waals surface area (Å²) >= 11 is 0. The average Bonchev–Trinajstić information content (AvgIpc) is 3.09. The lowest BCUT2D eigenvalue weighted by Crippen LogP contribution is -2.31. The molecule has 3 rings (SSSR count). The maximum atomic E-state index is 12.3. The molecule has 2 aromatic heterocycles. The molecule has 0 aliphatic heterocycles. The second kappa shape index (κ2) is 7.91. The van der Waals surface area contributed by atoms with Crippen LogP contribution in [0.1, 0.15) is 33.2 Å². The number of benzene rings is 1. The number of carbonyl (C=O) groups excluding carboxylic acids is 3. The number of fused-ring (bicyclic) bond motifs is 1. The Bertz CT molecular complexity index is 1040. The van der Waals surface area contributed by atoms with Gasteiger partial charge in [0.25, 0.3) is 11.8 Å². The van der Waals surface area contributed by atoms with Gasteiger partial charge in [-0.05, 0) is 48.9 Å². The fraction of sp³-hybridized carbons (Fsp3) is 0.200. The molecule has 0 bridgehead atoms. The molecule has 2 amide bonds. The number of rotatable bonds is 7. The molecular formula is C20H20N4O4. The Labute approximate surface area is 161 Å². The SMILES string of the molecule is CC(=O)c1ccc(OCC(=O)N(C)Cc2ccn3ncc(C(N)=O)c3c2)cc1. The van der Waals surface area contributed by atoms with Crippen molar-refractivity contribution < 1.29 is 19.1 Å². The van der Waals surface area contributed by atoms with Crippen molar-refractivity contribution in [1.82, 2.24) is 14.5 Å². The van der Waals surface area contributed by atoms with E-state index in [0.29, 0.717) is 28.9 Å². The number of primary amides is 1. The first-order valence-electron chi connectivity index (χ1n) is 8.59. The summed E-state index contributed by atoms with van der Waals surface area (Å²) < 4.78 is 7.05. The third-order valence-corrected chi connectivity index (χ3v) is 4.32. The van der Waals surface area contributed by atoms with Crippen molar-refractivity contribution in [3.8, 4) is 5.75 Å². The Hall–Kier alpha value is -3.68. The summed E-state index contributed by atoms with van der Waals surface area (Å²) in [7, 11) is 1.67. The summed E-state index contributed by atoms with van der Waals surface area (Å²) in [5.41, 5.74) is 7.69. The predicted molar refractivity (Wildman–Crippen MR) is 102 cm³/mol. The van der Waals surface area contributed by atoms with Gasteiger partial charge in [0, 0.05) is 25.4 Å². The maximum Gasteiger partial charge on any atom is 0.260 e. The lowest BCUT2D eigenvalue weighted by atomic mass is 10.1. The van der Waals surface area contributed by atoms with Crippen molar-refractivity contribution in [2.24, 2.45) is 5.73 Å². The largest absolute Gasteiger partial charge is 0.484 e. The minimum absolute atomic E-state index is 0.0305. The van der Waals surface area contributed by atoms with E-state index in [2.05, 4.69) is 5.10 Å². The van der Waals surface area contributed by atoms with Crippen LogP contribution in [0.2, 0.25) is 0 Å². The van der Waals surface area contributed by atoms with Crippen molar-refractivity contribution in [2.75, 3.05) is 13.7 Å². The minimum Gasteiger partial charge on any atom is -0.484 e. The zero-order valence-corrected chi connectivity index (χ0v) is 15.6. The monoisotopic (exact) mass is 380 g/mol. The fourth-order valence-corrected chi connectivity index (χ4v) is 2.72. The van der Waals surface area contributed by atoms with E-state index in [4.69, 9.17) is 10.5 Å². The lowest BCUT2D eigenvalue weighted by molar-refractivity contribution is -0.132. The molecule has 0 spiro atoms. The highest BCUT2D eigenvalue weighted by atomic mass is 16.5. The van der Waals surface area contributed by atoms with Crippen molar-refractivity contribution in [1.29, 1.82) is 0 Å². The van der Waals surface area contributed by atoms with Crippen LogP contribution in [0, 0.1) is 0 Å². The first-order valence-corrected chi connectivity index (χ1v) is 8.59. The number of carbonyl (C=O) groups is 3. The Morgan fingerprint density at radius 2 is 1.89 bits per heavy atom. The molecule has 0 saturated heterocycles. The van der Waals surface area contributed by atoms with Gasteiger partial charge in [-0.2, -0.15) is 5.10 Å². The molecular weight excluding hydrogens is 360 g/mol. The van der Waals surface area contributed by atoms with Crippen LogP contribution in [0.15, 0.2) is 48.8 Å². The van der Waals surface area contributed by atoms with Gasteiger partial charge in [0.1, 0.15) is 5.75 Å². The molecule has 0 fully saturated rings. The van der Waals surface area contributed by atoms with Gasteiger partial charge in [0.2, 0.25) is 0 Å². The molecule has 0 saturated carbocycles. The van der Waals surface area contributed by atoms with Crippen LogP contribution in [0.5, 0.6) is 5.75 Å². The Morgan fingerprint density at radius 1 is 1.18 bits per heavy atom. The number of aromatic nitrogens is 2. The van der Waals surface area contributed by atoms with Gasteiger partial charge in [-0.1, -0.05) is 0 Å². The number of hydrogen-bond acceptors (Lipinski definition) is 5. The van der Waals surface area contributed by atoms with E-state index < -0.39 is 5.91 Å². The van der Waals surface area contributed by atoms with E-state index in [0.717, 1.165) is 5.56 Å². The predicted octanol–water partition coefficient (Wildman–Crippen LogP) is 1.67. The topological polar surface area (TPSA) is 107 Å². The second-order valence-corrected chi connectivity index (χ2v) is 6.41. The van der Waals surface area contributed by atoms with E-state index in [1.54, 1.807) is 48.1 Å². The number of ether oxygens (including phenoxy) is 1.